The van der Waals surface area contributed by atoms with E-state index >= 15 is 0 Å². The van der Waals surface area contributed by atoms with Gasteiger partial charge in [0, 0.05) is 37.2 Å². The summed E-state index contributed by atoms with van der Waals surface area (Å²) in [5.41, 5.74) is 1.46. The highest BCUT2D eigenvalue weighted by Gasteiger charge is 2.57. The Kier molecular flexibility index (Phi) is 6.36. The molecule has 12 heteroatoms. The molecule has 3 fully saturated rings. The van der Waals surface area contributed by atoms with Gasteiger partial charge in [-0.1, -0.05) is 23.5 Å². The van der Waals surface area contributed by atoms with E-state index in [2.05, 4.69) is 19.4 Å². The highest BCUT2D eigenvalue weighted by Crippen LogP contribution is 2.65. The van der Waals surface area contributed by atoms with Gasteiger partial charge < -0.3 is 24.0 Å². The number of carboxylic acid groups (broad SMARTS) is 1. The maximum Gasteiger partial charge on any atom is 0.365 e. The number of aromatic nitrogens is 4. The van der Waals surface area contributed by atoms with Crippen LogP contribution < -0.4 is 9.64 Å². The molecule has 2 unspecified atom stereocenters. The Bertz CT molecular complexity index is 1680. The number of imidazole rings is 1. The van der Waals surface area contributed by atoms with Crippen LogP contribution in [0, 0.1) is 22.6 Å². The first-order chi connectivity index (χ1) is 19.9. The second kappa shape index (κ2) is 10.1. The lowest BCUT2D eigenvalue weighted by Crippen LogP contribution is -2.36. The molecule has 0 amide bonds. The summed E-state index contributed by atoms with van der Waals surface area (Å²) in [6.45, 7) is 3.12. The van der Waals surface area contributed by atoms with E-state index in [1.807, 2.05) is 18.2 Å². The van der Waals surface area contributed by atoms with Crippen molar-refractivity contribution in [3.8, 4) is 11.9 Å². The molecule has 0 radical (unpaired) electrons. The number of rotatable bonds is 8. The number of carboxylic acids is 1. The monoisotopic (exact) mass is 574 g/mol. The summed E-state index contributed by atoms with van der Waals surface area (Å²) in [5.74, 6) is 1.06. The molecule has 1 saturated carbocycles. The highest BCUT2D eigenvalue weighted by molar-refractivity contribution is 7.19. The van der Waals surface area contributed by atoms with E-state index in [4.69, 9.17) is 19.7 Å². The van der Waals surface area contributed by atoms with Crippen LogP contribution in [0.5, 0.6) is 5.88 Å². The quantitative estimate of drug-likeness (QED) is 0.318. The number of nitrogens with zero attached hydrogens (tertiary/aromatic N) is 6. The third kappa shape index (κ3) is 4.79. The molecule has 5 heterocycles. The van der Waals surface area contributed by atoms with Crippen LogP contribution in [0.2, 0.25) is 0 Å². The van der Waals surface area contributed by atoms with E-state index in [1.54, 1.807) is 18.2 Å². The topological polar surface area (TPSA) is 126 Å². The highest BCUT2D eigenvalue weighted by atomic mass is 32.1. The van der Waals surface area contributed by atoms with Crippen molar-refractivity contribution in [2.24, 2.45) is 5.41 Å². The van der Waals surface area contributed by atoms with Crippen LogP contribution >= 0.6 is 11.3 Å². The van der Waals surface area contributed by atoms with Gasteiger partial charge in [0.1, 0.15) is 24.1 Å². The molecule has 1 aromatic carbocycles. The van der Waals surface area contributed by atoms with Crippen LogP contribution in [0.15, 0.2) is 36.4 Å². The standard InChI is InChI=1S/C29H27FN6O4S/c30-21-12-17(14-31)4-5-18(21)16-40-23-3-1-2-22(32-23)35-9-7-29(8-10-35)13-20(29)24-33-26-25(34-27(41-26)28(37)38)36(24)15-19-6-11-39-19/h1-5,12,19-20H,6-11,13,15-16H2,(H,37,38). The average molecular weight is 575 g/mol. The Morgan fingerprint density at radius 2 is 2.07 bits per heavy atom. The van der Waals surface area contributed by atoms with E-state index in [0.717, 1.165) is 68.4 Å². The van der Waals surface area contributed by atoms with Gasteiger partial charge in [-0.2, -0.15) is 10.2 Å². The minimum atomic E-state index is -1.03. The minimum Gasteiger partial charge on any atom is -0.476 e. The molecular weight excluding hydrogens is 547 g/mol. The molecule has 10 nitrogen and oxygen atoms in total. The van der Waals surface area contributed by atoms with Gasteiger partial charge in [0.15, 0.2) is 10.5 Å². The summed E-state index contributed by atoms with van der Waals surface area (Å²) < 4.78 is 27.8. The normalized spacial score (nSPS) is 21.0. The van der Waals surface area contributed by atoms with Crippen molar-refractivity contribution in [3.63, 3.8) is 0 Å². The molecule has 41 heavy (non-hydrogen) atoms. The lowest BCUT2D eigenvalue weighted by Gasteiger charge is -2.34. The minimum absolute atomic E-state index is 0.0254. The van der Waals surface area contributed by atoms with Crippen LogP contribution in [0.4, 0.5) is 10.2 Å². The van der Waals surface area contributed by atoms with E-state index in [0.29, 0.717) is 34.4 Å². The van der Waals surface area contributed by atoms with Crippen molar-refractivity contribution in [2.45, 2.75) is 50.9 Å². The summed E-state index contributed by atoms with van der Waals surface area (Å²) in [7, 11) is 0. The van der Waals surface area contributed by atoms with Crippen molar-refractivity contribution < 1.29 is 23.8 Å². The van der Waals surface area contributed by atoms with Gasteiger partial charge >= 0.3 is 5.97 Å². The number of benzene rings is 1. The Labute approximate surface area is 239 Å². The van der Waals surface area contributed by atoms with Gasteiger partial charge in [-0.15, -0.1) is 0 Å². The van der Waals surface area contributed by atoms with E-state index < -0.39 is 11.8 Å². The van der Waals surface area contributed by atoms with Crippen molar-refractivity contribution >= 4 is 33.6 Å². The van der Waals surface area contributed by atoms with Crippen LogP contribution in [0.1, 0.15) is 58.4 Å². The third-order valence-electron chi connectivity index (χ3n) is 8.55. The number of aromatic carboxylic acids is 1. The lowest BCUT2D eigenvalue weighted by molar-refractivity contribution is -0.0591. The van der Waals surface area contributed by atoms with Gasteiger partial charge in [0.05, 0.1) is 24.3 Å². The smallest absolute Gasteiger partial charge is 0.365 e. The SMILES string of the molecule is N#Cc1ccc(COc2cccc(N3CCC4(CC3)CC4c3nc4sc(C(=O)O)nc4n3CC3CCO3)n2)c(F)c1. The van der Waals surface area contributed by atoms with Crippen molar-refractivity contribution in [3.05, 3.63) is 64.2 Å². The summed E-state index contributed by atoms with van der Waals surface area (Å²) in [4.78, 5) is 28.4. The fourth-order valence-electron chi connectivity index (χ4n) is 5.99. The second-order valence-electron chi connectivity index (χ2n) is 11.0. The van der Waals surface area contributed by atoms with Gasteiger partial charge in [-0.3, -0.25) is 0 Å². The summed E-state index contributed by atoms with van der Waals surface area (Å²) in [5, 5.41) is 18.4. The maximum atomic E-state index is 14.2. The molecule has 0 bridgehead atoms. The zero-order valence-corrected chi connectivity index (χ0v) is 22.9. The molecule has 4 aromatic rings. The molecular formula is C29H27FN6O4S. The molecule has 2 aliphatic heterocycles. The fourth-order valence-corrected chi connectivity index (χ4v) is 6.78. The predicted octanol–water partition coefficient (Wildman–Crippen LogP) is 4.74. The van der Waals surface area contributed by atoms with Crippen molar-refractivity contribution in [2.75, 3.05) is 24.6 Å². The Morgan fingerprint density at radius 3 is 2.78 bits per heavy atom. The predicted molar refractivity (Wildman–Crippen MR) is 148 cm³/mol. The van der Waals surface area contributed by atoms with Gasteiger partial charge in [-0.05, 0) is 49.3 Å². The van der Waals surface area contributed by atoms with Gasteiger partial charge in [-0.25, -0.2) is 19.2 Å². The first kappa shape index (κ1) is 25.9. The van der Waals surface area contributed by atoms with Crippen molar-refractivity contribution in [1.29, 1.82) is 5.26 Å². The molecule has 3 aromatic heterocycles. The first-order valence-electron chi connectivity index (χ1n) is 13.7. The van der Waals surface area contributed by atoms with Crippen LogP contribution in [-0.4, -0.2) is 56.4 Å². The molecule has 2 saturated heterocycles. The number of piperidine rings is 1. The van der Waals surface area contributed by atoms with Crippen LogP contribution in [0.3, 0.4) is 0 Å². The Morgan fingerprint density at radius 1 is 1.24 bits per heavy atom. The zero-order valence-electron chi connectivity index (χ0n) is 22.1. The number of thiazole rings is 1. The second-order valence-corrected chi connectivity index (χ2v) is 11.9. The number of hydrogen-bond acceptors (Lipinski definition) is 9. The number of anilines is 1. The Hall–Kier alpha value is -4.08. The number of hydrogen-bond donors (Lipinski definition) is 1. The number of carbonyl (C=O) groups is 1. The lowest BCUT2D eigenvalue weighted by atomic mass is 9.90. The van der Waals surface area contributed by atoms with Crippen LogP contribution in [0.25, 0.3) is 10.5 Å². The van der Waals surface area contributed by atoms with Gasteiger partial charge in [0.25, 0.3) is 0 Å². The molecule has 210 valence electrons. The molecule has 1 N–H and O–H groups in total. The van der Waals surface area contributed by atoms with E-state index in [1.165, 1.54) is 6.07 Å². The van der Waals surface area contributed by atoms with Crippen LogP contribution in [-0.2, 0) is 17.9 Å². The number of nitriles is 1. The number of halogens is 1. The number of pyridine rings is 1. The molecule has 1 aliphatic carbocycles. The Balaban J connectivity index is 1.02. The van der Waals surface area contributed by atoms with E-state index in [-0.39, 0.29) is 28.7 Å². The number of fused-ring (bicyclic) bond motifs is 1. The molecule has 3 aliphatic rings. The first-order valence-corrected chi connectivity index (χ1v) is 14.5. The molecule has 7 rings (SSSR count). The summed E-state index contributed by atoms with van der Waals surface area (Å²) in [6.07, 6.45) is 4.14. The maximum absolute atomic E-state index is 14.2. The molecule has 1 spiro atoms. The summed E-state index contributed by atoms with van der Waals surface area (Å²) >= 11 is 1.13. The summed E-state index contributed by atoms with van der Waals surface area (Å²) in [6, 6.07) is 11.9. The average Bonchev–Trinajstić information content (AvgIpc) is 3.30. The van der Waals surface area contributed by atoms with Crippen molar-refractivity contribution in [1.82, 2.24) is 19.5 Å². The number of ether oxygens (including phenoxy) is 2. The third-order valence-corrected chi connectivity index (χ3v) is 9.48. The zero-order chi connectivity index (χ0) is 28.1. The molecule has 2 atom stereocenters. The fraction of sp³-hybridized carbons (Fsp3) is 0.414. The largest absolute Gasteiger partial charge is 0.476 e. The van der Waals surface area contributed by atoms with Gasteiger partial charge in [0.2, 0.25) is 10.9 Å². The van der Waals surface area contributed by atoms with E-state index in [9.17, 15) is 14.3 Å².